The molecule has 18 heavy (non-hydrogen) atoms. The molecule has 0 heterocycles. The van der Waals surface area contributed by atoms with Gasteiger partial charge in [0.15, 0.2) is 0 Å². The number of hydrogen-bond acceptors (Lipinski definition) is 5. The third-order valence-electron chi connectivity index (χ3n) is 2.53. The van der Waals surface area contributed by atoms with Gasteiger partial charge in [-0.15, -0.1) is 0 Å². The van der Waals surface area contributed by atoms with E-state index in [1.165, 1.54) is 30.3 Å². The fraction of sp³-hybridized carbons (Fsp3) is 0. The molecule has 2 rings (SSSR count). The average molecular weight is 263 g/mol. The van der Waals surface area contributed by atoms with Gasteiger partial charge >= 0.3 is 0 Å². The number of nitrogens with two attached hydrogens (primary N) is 3. The number of para-hydroxylation sites is 1. The molecule has 0 aliphatic rings. The minimum Gasteiger partial charge on any atom is -0.399 e. The van der Waals surface area contributed by atoms with Crippen LogP contribution in [0.2, 0.25) is 0 Å². The standard InChI is InChI=1S/C12H13N3O2S/c13-8-5-6-12(10(15)7-8)18(16,17)11-4-2-1-3-9(11)14/h1-7H,13-15H2. The van der Waals surface area contributed by atoms with E-state index in [-0.39, 0.29) is 21.2 Å². The first-order valence-electron chi connectivity index (χ1n) is 5.17. The van der Waals surface area contributed by atoms with Crippen LogP contribution in [-0.2, 0) is 9.84 Å². The maximum Gasteiger partial charge on any atom is 0.210 e. The van der Waals surface area contributed by atoms with Gasteiger partial charge in [0.2, 0.25) is 9.84 Å². The summed E-state index contributed by atoms with van der Waals surface area (Å²) in [5.74, 6) is 0. The van der Waals surface area contributed by atoms with E-state index in [0.717, 1.165) is 0 Å². The van der Waals surface area contributed by atoms with Crippen molar-refractivity contribution in [3.05, 3.63) is 42.5 Å². The molecule has 94 valence electrons. The Morgan fingerprint density at radius 1 is 0.778 bits per heavy atom. The molecule has 0 bridgehead atoms. The number of anilines is 3. The second kappa shape index (κ2) is 4.23. The zero-order valence-corrected chi connectivity index (χ0v) is 10.3. The Balaban J connectivity index is 2.66. The molecule has 0 spiro atoms. The minimum absolute atomic E-state index is 0.00889. The van der Waals surface area contributed by atoms with Gasteiger partial charge in [-0.2, -0.15) is 0 Å². The van der Waals surface area contributed by atoms with E-state index in [1.54, 1.807) is 12.1 Å². The number of benzene rings is 2. The van der Waals surface area contributed by atoms with Crippen LogP contribution in [0.4, 0.5) is 17.1 Å². The monoisotopic (exact) mass is 263 g/mol. The molecule has 0 radical (unpaired) electrons. The molecule has 5 nitrogen and oxygen atoms in total. The van der Waals surface area contributed by atoms with E-state index in [0.29, 0.717) is 5.69 Å². The van der Waals surface area contributed by atoms with Crippen LogP contribution in [0.3, 0.4) is 0 Å². The van der Waals surface area contributed by atoms with Crippen molar-refractivity contribution in [2.45, 2.75) is 9.79 Å². The highest BCUT2D eigenvalue weighted by molar-refractivity contribution is 7.91. The zero-order chi connectivity index (χ0) is 13.3. The van der Waals surface area contributed by atoms with Crippen LogP contribution in [0, 0.1) is 0 Å². The first-order valence-corrected chi connectivity index (χ1v) is 6.66. The number of hydrogen-bond donors (Lipinski definition) is 3. The Morgan fingerprint density at radius 2 is 1.39 bits per heavy atom. The molecule has 0 fully saturated rings. The summed E-state index contributed by atoms with van der Waals surface area (Å²) < 4.78 is 24.8. The first kappa shape index (κ1) is 12.3. The molecule has 0 atom stereocenters. The lowest BCUT2D eigenvalue weighted by molar-refractivity contribution is 0.597. The highest BCUT2D eigenvalue weighted by Crippen LogP contribution is 2.30. The zero-order valence-electron chi connectivity index (χ0n) is 9.50. The van der Waals surface area contributed by atoms with Crippen LogP contribution in [0.15, 0.2) is 52.3 Å². The number of nitrogen functional groups attached to an aromatic ring is 3. The van der Waals surface area contributed by atoms with Gasteiger partial charge in [0.1, 0.15) is 0 Å². The molecule has 2 aromatic carbocycles. The van der Waals surface area contributed by atoms with Crippen molar-refractivity contribution in [1.29, 1.82) is 0 Å². The van der Waals surface area contributed by atoms with Crippen molar-refractivity contribution >= 4 is 26.9 Å². The van der Waals surface area contributed by atoms with Gasteiger partial charge < -0.3 is 17.2 Å². The Labute approximate surface area is 105 Å². The SMILES string of the molecule is Nc1ccc(S(=O)(=O)c2ccccc2N)c(N)c1. The van der Waals surface area contributed by atoms with Gasteiger partial charge in [-0.25, -0.2) is 8.42 Å². The largest absolute Gasteiger partial charge is 0.399 e. The second-order valence-corrected chi connectivity index (χ2v) is 5.73. The summed E-state index contributed by atoms with van der Waals surface area (Å²) in [5.41, 5.74) is 17.6. The normalized spacial score (nSPS) is 11.3. The molecule has 0 unspecified atom stereocenters. The third kappa shape index (κ3) is 1.98. The molecule has 0 saturated carbocycles. The predicted molar refractivity (Wildman–Crippen MR) is 71.6 cm³/mol. The second-order valence-electron chi connectivity index (χ2n) is 3.84. The maximum atomic E-state index is 12.4. The van der Waals surface area contributed by atoms with Gasteiger partial charge in [-0.1, -0.05) is 12.1 Å². The Morgan fingerprint density at radius 3 is 2.00 bits per heavy atom. The van der Waals surface area contributed by atoms with Crippen molar-refractivity contribution in [2.24, 2.45) is 0 Å². The fourth-order valence-corrected chi connectivity index (χ4v) is 3.14. The van der Waals surface area contributed by atoms with E-state index in [4.69, 9.17) is 17.2 Å². The molecule has 0 saturated heterocycles. The molecule has 0 aromatic heterocycles. The molecule has 2 aromatic rings. The topological polar surface area (TPSA) is 112 Å². The highest BCUT2D eigenvalue weighted by atomic mass is 32.2. The summed E-state index contributed by atoms with van der Waals surface area (Å²) >= 11 is 0. The maximum absolute atomic E-state index is 12.4. The predicted octanol–water partition coefficient (Wildman–Crippen LogP) is 1.27. The molecule has 6 heteroatoms. The molecular formula is C12H13N3O2S. The van der Waals surface area contributed by atoms with Crippen LogP contribution in [0.5, 0.6) is 0 Å². The quantitative estimate of drug-likeness (QED) is 0.706. The molecule has 6 N–H and O–H groups in total. The Bertz CT molecular complexity index is 696. The average Bonchev–Trinajstić information content (AvgIpc) is 2.28. The van der Waals surface area contributed by atoms with Gasteiger partial charge in [0, 0.05) is 5.69 Å². The van der Waals surface area contributed by atoms with E-state index in [1.807, 2.05) is 0 Å². The molecule has 0 aliphatic heterocycles. The summed E-state index contributed by atoms with van der Waals surface area (Å²) in [6, 6.07) is 10.5. The van der Waals surface area contributed by atoms with Crippen molar-refractivity contribution in [1.82, 2.24) is 0 Å². The van der Waals surface area contributed by atoms with Crippen LogP contribution < -0.4 is 17.2 Å². The van der Waals surface area contributed by atoms with Crippen molar-refractivity contribution < 1.29 is 8.42 Å². The number of sulfone groups is 1. The lowest BCUT2D eigenvalue weighted by Crippen LogP contribution is -2.08. The van der Waals surface area contributed by atoms with Gasteiger partial charge in [-0.05, 0) is 30.3 Å². The van der Waals surface area contributed by atoms with E-state index < -0.39 is 9.84 Å². The lowest BCUT2D eigenvalue weighted by Gasteiger charge is -2.10. The smallest absolute Gasteiger partial charge is 0.210 e. The first-order chi connectivity index (χ1) is 8.43. The molecular weight excluding hydrogens is 250 g/mol. The summed E-state index contributed by atoms with van der Waals surface area (Å²) in [4.78, 5) is 0.0519. The van der Waals surface area contributed by atoms with Crippen molar-refractivity contribution in [3.63, 3.8) is 0 Å². The third-order valence-corrected chi connectivity index (χ3v) is 4.43. The summed E-state index contributed by atoms with van der Waals surface area (Å²) in [6.07, 6.45) is 0. The van der Waals surface area contributed by atoms with Crippen molar-refractivity contribution in [2.75, 3.05) is 17.2 Å². The minimum atomic E-state index is -3.72. The van der Waals surface area contributed by atoms with Crippen LogP contribution in [0.1, 0.15) is 0 Å². The van der Waals surface area contributed by atoms with Gasteiger partial charge in [-0.3, -0.25) is 0 Å². The molecule has 0 amide bonds. The fourth-order valence-electron chi connectivity index (χ4n) is 1.66. The van der Waals surface area contributed by atoms with E-state index in [9.17, 15) is 8.42 Å². The summed E-state index contributed by atoms with van der Waals surface area (Å²) in [5, 5.41) is 0. The Kier molecular flexibility index (Phi) is 2.88. The van der Waals surface area contributed by atoms with E-state index in [2.05, 4.69) is 0 Å². The molecule has 0 aliphatic carbocycles. The van der Waals surface area contributed by atoms with E-state index >= 15 is 0 Å². The van der Waals surface area contributed by atoms with Crippen LogP contribution >= 0.6 is 0 Å². The lowest BCUT2D eigenvalue weighted by atomic mass is 10.3. The van der Waals surface area contributed by atoms with Crippen LogP contribution in [-0.4, -0.2) is 8.42 Å². The van der Waals surface area contributed by atoms with Crippen LogP contribution in [0.25, 0.3) is 0 Å². The number of rotatable bonds is 2. The summed E-state index contributed by atoms with van der Waals surface area (Å²) in [6.45, 7) is 0. The van der Waals surface area contributed by atoms with Crippen molar-refractivity contribution in [3.8, 4) is 0 Å². The van der Waals surface area contributed by atoms with Gasteiger partial charge in [0.05, 0.1) is 21.2 Å². The van der Waals surface area contributed by atoms with Gasteiger partial charge in [0.25, 0.3) is 0 Å². The Hall–Kier alpha value is -2.21. The summed E-state index contributed by atoms with van der Waals surface area (Å²) in [7, 11) is -3.72. The highest BCUT2D eigenvalue weighted by Gasteiger charge is 2.22.